The van der Waals surface area contributed by atoms with E-state index in [4.69, 9.17) is 25.8 Å². The van der Waals surface area contributed by atoms with Gasteiger partial charge in [0, 0.05) is 47.9 Å². The van der Waals surface area contributed by atoms with Gasteiger partial charge in [0.2, 0.25) is 0 Å². The lowest BCUT2D eigenvalue weighted by molar-refractivity contribution is -0.00155. The lowest BCUT2D eigenvalue weighted by Crippen LogP contribution is -2.56. The summed E-state index contributed by atoms with van der Waals surface area (Å²) < 4.78 is 32.2. The SMILES string of the molecule is CC(C)(C)OC(=O)Nc1nc2c(-c3cc4c(cc3Cl)CN3CCN(C(=O)OC(C)(C)C)C[C@@H]3CO4)ccc(F)c2s1. The summed E-state index contributed by atoms with van der Waals surface area (Å²) in [6, 6.07) is 6.70. The summed E-state index contributed by atoms with van der Waals surface area (Å²) in [5.41, 5.74) is 1.31. The average molecular weight is 605 g/mol. The van der Waals surface area contributed by atoms with Crippen LogP contribution in [0, 0.1) is 5.82 Å². The van der Waals surface area contributed by atoms with Crippen LogP contribution in [0.4, 0.5) is 19.1 Å². The van der Waals surface area contributed by atoms with Gasteiger partial charge >= 0.3 is 12.2 Å². The van der Waals surface area contributed by atoms with E-state index in [1.165, 1.54) is 6.07 Å². The molecule has 1 aromatic heterocycles. The second kappa shape index (κ2) is 10.9. The molecule has 0 saturated carbocycles. The van der Waals surface area contributed by atoms with Crippen molar-refractivity contribution < 1.29 is 28.2 Å². The molecule has 220 valence electrons. The van der Waals surface area contributed by atoms with Crippen LogP contribution < -0.4 is 10.1 Å². The van der Waals surface area contributed by atoms with Crippen LogP contribution in [-0.4, -0.2) is 70.5 Å². The second-order valence-corrected chi connectivity index (χ2v) is 13.6. The first-order chi connectivity index (χ1) is 19.2. The number of fused-ring (bicyclic) bond motifs is 3. The molecule has 0 radical (unpaired) electrons. The van der Waals surface area contributed by atoms with Crippen LogP contribution in [0.5, 0.6) is 5.75 Å². The zero-order valence-corrected chi connectivity index (χ0v) is 25.5. The molecule has 0 aliphatic carbocycles. The normalized spacial score (nSPS) is 17.8. The van der Waals surface area contributed by atoms with E-state index in [-0.39, 0.29) is 17.3 Å². The summed E-state index contributed by atoms with van der Waals surface area (Å²) in [7, 11) is 0. The second-order valence-electron chi connectivity index (χ2n) is 12.2. The lowest BCUT2D eigenvalue weighted by Gasteiger charge is -2.40. The van der Waals surface area contributed by atoms with E-state index >= 15 is 0 Å². The van der Waals surface area contributed by atoms with Crippen molar-refractivity contribution in [2.45, 2.75) is 65.3 Å². The number of rotatable bonds is 2. The molecule has 1 fully saturated rings. The summed E-state index contributed by atoms with van der Waals surface area (Å²) in [6.07, 6.45) is -0.995. The fourth-order valence-corrected chi connectivity index (χ4v) is 6.02. The number of benzene rings is 2. The third kappa shape index (κ3) is 6.68. The number of aromatic nitrogens is 1. The van der Waals surface area contributed by atoms with Crippen LogP contribution in [0.2, 0.25) is 5.02 Å². The van der Waals surface area contributed by atoms with Crippen molar-refractivity contribution >= 4 is 50.5 Å². The Morgan fingerprint density at radius 2 is 1.83 bits per heavy atom. The fourth-order valence-electron chi connectivity index (χ4n) is 4.85. The molecular weight excluding hydrogens is 571 g/mol. The molecule has 0 unspecified atom stereocenters. The molecule has 41 heavy (non-hydrogen) atoms. The number of piperazine rings is 1. The number of thiazole rings is 1. The van der Waals surface area contributed by atoms with Gasteiger partial charge < -0.3 is 19.1 Å². The molecule has 1 N–H and O–H groups in total. The number of carbonyl (C=O) groups excluding carboxylic acids is 2. The van der Waals surface area contributed by atoms with Crippen LogP contribution in [0.3, 0.4) is 0 Å². The molecule has 2 aromatic carbocycles. The summed E-state index contributed by atoms with van der Waals surface area (Å²) >= 11 is 7.83. The molecule has 9 nitrogen and oxygen atoms in total. The predicted molar refractivity (Wildman–Crippen MR) is 157 cm³/mol. The minimum absolute atomic E-state index is 0.0107. The fraction of sp³-hybridized carbons (Fsp3) is 0.483. The van der Waals surface area contributed by atoms with Crippen molar-refractivity contribution in [1.82, 2.24) is 14.8 Å². The standard InChI is InChI=1S/C29H34ClFN4O5S/c1-28(2,3)39-26(36)33-25-32-23-18(7-8-21(31)24(23)41-25)19-12-22-16(11-20(19)30)13-34-9-10-35(14-17(34)15-38-22)27(37)40-29(4,5)6/h7-8,11-12,17H,9-10,13-15H2,1-6H3,(H,32,33,36)/t17-/m1/s1. The molecule has 3 heterocycles. The van der Waals surface area contributed by atoms with E-state index < -0.39 is 23.1 Å². The molecule has 2 amide bonds. The van der Waals surface area contributed by atoms with Crippen molar-refractivity contribution in [3.8, 4) is 16.9 Å². The number of hydrogen-bond donors (Lipinski definition) is 1. The summed E-state index contributed by atoms with van der Waals surface area (Å²) in [6.45, 7) is 13.6. The van der Waals surface area contributed by atoms with Gasteiger partial charge in [-0.15, -0.1) is 0 Å². The quantitative estimate of drug-likeness (QED) is 0.339. The van der Waals surface area contributed by atoms with Gasteiger partial charge in [0.05, 0.1) is 16.3 Å². The first-order valence-corrected chi connectivity index (χ1v) is 14.6. The smallest absolute Gasteiger partial charge is 0.413 e. The van der Waals surface area contributed by atoms with E-state index in [0.717, 1.165) is 16.9 Å². The van der Waals surface area contributed by atoms with E-state index in [9.17, 15) is 14.0 Å². The first kappa shape index (κ1) is 29.3. The maximum atomic E-state index is 14.8. The molecule has 2 aliphatic heterocycles. The van der Waals surface area contributed by atoms with Crippen molar-refractivity contribution in [2.24, 2.45) is 0 Å². The van der Waals surface area contributed by atoms with E-state index in [2.05, 4.69) is 15.2 Å². The zero-order chi connectivity index (χ0) is 29.7. The van der Waals surface area contributed by atoms with Crippen molar-refractivity contribution in [1.29, 1.82) is 0 Å². The van der Waals surface area contributed by atoms with E-state index in [1.807, 2.05) is 32.9 Å². The molecule has 1 saturated heterocycles. The van der Waals surface area contributed by atoms with Crippen LogP contribution in [0.1, 0.15) is 47.1 Å². The van der Waals surface area contributed by atoms with Crippen molar-refractivity contribution in [3.63, 3.8) is 0 Å². The molecule has 0 bridgehead atoms. The van der Waals surface area contributed by atoms with Gasteiger partial charge in [0.25, 0.3) is 0 Å². The van der Waals surface area contributed by atoms with Crippen molar-refractivity contribution in [3.05, 3.63) is 40.7 Å². The number of hydrogen-bond acceptors (Lipinski definition) is 8. The van der Waals surface area contributed by atoms with E-state index in [0.29, 0.717) is 64.9 Å². The van der Waals surface area contributed by atoms with Gasteiger partial charge in [-0.05, 0) is 65.8 Å². The molecule has 12 heteroatoms. The Morgan fingerprint density at radius 3 is 2.54 bits per heavy atom. The van der Waals surface area contributed by atoms with E-state index in [1.54, 1.807) is 31.7 Å². The highest BCUT2D eigenvalue weighted by Gasteiger charge is 2.35. The average Bonchev–Trinajstić information content (AvgIpc) is 3.18. The van der Waals surface area contributed by atoms with Crippen LogP contribution in [-0.2, 0) is 16.0 Å². The third-order valence-electron chi connectivity index (χ3n) is 6.60. The highest BCUT2D eigenvalue weighted by Crippen LogP contribution is 2.42. The molecule has 0 spiro atoms. The Labute approximate surface area is 247 Å². The highest BCUT2D eigenvalue weighted by atomic mass is 35.5. The predicted octanol–water partition coefficient (Wildman–Crippen LogP) is 6.92. The van der Waals surface area contributed by atoms with Gasteiger partial charge in [-0.1, -0.05) is 22.9 Å². The largest absolute Gasteiger partial charge is 0.492 e. The Kier molecular flexibility index (Phi) is 7.82. The number of halogens is 2. The molecular formula is C29H34ClFN4O5S. The number of amides is 2. The number of carbonyl (C=O) groups is 2. The lowest BCUT2D eigenvalue weighted by atomic mass is 10.0. The third-order valence-corrected chi connectivity index (χ3v) is 7.90. The summed E-state index contributed by atoms with van der Waals surface area (Å²) in [5.74, 6) is 0.217. The van der Waals surface area contributed by atoms with Gasteiger partial charge in [0.15, 0.2) is 5.13 Å². The number of ether oxygens (including phenoxy) is 3. The van der Waals surface area contributed by atoms with Crippen LogP contribution in [0.15, 0.2) is 24.3 Å². The van der Waals surface area contributed by atoms with Gasteiger partial charge in [0.1, 0.15) is 29.4 Å². The topological polar surface area (TPSA) is 93.2 Å². The zero-order valence-electron chi connectivity index (χ0n) is 24.0. The maximum Gasteiger partial charge on any atom is 0.413 e. The number of anilines is 1. The minimum Gasteiger partial charge on any atom is -0.492 e. The Balaban J connectivity index is 1.40. The molecule has 2 aliphatic rings. The first-order valence-electron chi connectivity index (χ1n) is 13.4. The van der Waals surface area contributed by atoms with Gasteiger partial charge in [-0.3, -0.25) is 10.2 Å². The van der Waals surface area contributed by atoms with Crippen LogP contribution in [0.25, 0.3) is 21.3 Å². The number of nitrogens with zero attached hydrogens (tertiary/aromatic N) is 3. The maximum absolute atomic E-state index is 14.8. The molecule has 3 aromatic rings. The monoisotopic (exact) mass is 604 g/mol. The number of nitrogens with one attached hydrogen (secondary N) is 1. The Bertz CT molecular complexity index is 1500. The Morgan fingerprint density at radius 1 is 1.10 bits per heavy atom. The molecule has 5 rings (SSSR count). The van der Waals surface area contributed by atoms with Gasteiger partial charge in [-0.25, -0.2) is 19.0 Å². The Hall–Kier alpha value is -3.15. The van der Waals surface area contributed by atoms with Crippen LogP contribution >= 0.6 is 22.9 Å². The highest BCUT2D eigenvalue weighted by molar-refractivity contribution is 7.22. The van der Waals surface area contributed by atoms with Gasteiger partial charge in [-0.2, -0.15) is 0 Å². The van der Waals surface area contributed by atoms with Crippen molar-refractivity contribution in [2.75, 3.05) is 31.6 Å². The summed E-state index contributed by atoms with van der Waals surface area (Å²) in [4.78, 5) is 33.5. The molecule has 1 atom stereocenters. The minimum atomic E-state index is -0.686. The summed E-state index contributed by atoms with van der Waals surface area (Å²) in [5, 5.41) is 3.29.